The van der Waals surface area contributed by atoms with E-state index in [1.165, 1.54) is 7.11 Å². The van der Waals surface area contributed by atoms with Gasteiger partial charge in [-0.15, -0.1) is 0 Å². The number of carbonyl (C=O) groups is 1. The summed E-state index contributed by atoms with van der Waals surface area (Å²) in [6.07, 6.45) is 0.625. The van der Waals surface area contributed by atoms with E-state index in [-0.39, 0.29) is 5.97 Å². The summed E-state index contributed by atoms with van der Waals surface area (Å²) >= 11 is 3.32. The Morgan fingerprint density at radius 2 is 2.06 bits per heavy atom. The Hall–Kier alpha value is -0.870. The second kappa shape index (κ2) is 7.45. The quantitative estimate of drug-likeness (QED) is 0.649. The van der Waals surface area contributed by atoms with Gasteiger partial charge in [0.25, 0.3) is 0 Å². The summed E-state index contributed by atoms with van der Waals surface area (Å²) in [5.74, 6) is -0.859. The van der Waals surface area contributed by atoms with E-state index in [1.54, 1.807) is 0 Å². The molecule has 0 aliphatic rings. The summed E-state index contributed by atoms with van der Waals surface area (Å²) in [5.41, 5.74) is 0.748. The lowest BCUT2D eigenvalue weighted by atomic mass is 9.92. The van der Waals surface area contributed by atoms with Crippen LogP contribution >= 0.6 is 15.9 Å². The van der Waals surface area contributed by atoms with Gasteiger partial charge in [0.05, 0.1) is 19.1 Å². The van der Waals surface area contributed by atoms with E-state index >= 15 is 0 Å². The number of esters is 1. The molecule has 0 fully saturated rings. The summed E-state index contributed by atoms with van der Waals surface area (Å²) in [4.78, 5) is 11.6. The fourth-order valence-corrected chi connectivity index (χ4v) is 2.06. The number of halogens is 1. The standard InChI is InChI=1S/C13H17BrO3/c1-17-13(16)11(8-5-9-14)12(15)10-6-3-2-4-7-10/h2-4,6-7,11-12,15H,5,8-9H2,1H3/t11-,12+/m1/s1. The Kier molecular flexibility index (Phi) is 6.22. The van der Waals surface area contributed by atoms with Gasteiger partial charge in [-0.2, -0.15) is 0 Å². The van der Waals surface area contributed by atoms with Crippen LogP contribution in [0, 0.1) is 5.92 Å². The van der Waals surface area contributed by atoms with E-state index in [0.29, 0.717) is 6.42 Å². The highest BCUT2D eigenvalue weighted by Gasteiger charge is 2.28. The fourth-order valence-electron chi connectivity index (χ4n) is 1.74. The zero-order valence-electron chi connectivity index (χ0n) is 9.80. The molecule has 17 heavy (non-hydrogen) atoms. The van der Waals surface area contributed by atoms with E-state index < -0.39 is 12.0 Å². The minimum absolute atomic E-state index is 0.359. The third kappa shape index (κ3) is 4.13. The number of alkyl halides is 1. The maximum atomic E-state index is 11.6. The average Bonchev–Trinajstić information content (AvgIpc) is 2.39. The molecule has 94 valence electrons. The van der Waals surface area contributed by atoms with Gasteiger partial charge in [0, 0.05) is 5.33 Å². The third-order valence-electron chi connectivity index (χ3n) is 2.67. The molecule has 1 rings (SSSR count). The highest BCUT2D eigenvalue weighted by molar-refractivity contribution is 9.09. The van der Waals surface area contributed by atoms with Crippen molar-refractivity contribution in [2.75, 3.05) is 12.4 Å². The van der Waals surface area contributed by atoms with Gasteiger partial charge in [0.15, 0.2) is 0 Å². The number of ether oxygens (including phenoxy) is 1. The van der Waals surface area contributed by atoms with Crippen molar-refractivity contribution in [3.05, 3.63) is 35.9 Å². The van der Waals surface area contributed by atoms with E-state index in [1.807, 2.05) is 30.3 Å². The number of hydrogen-bond donors (Lipinski definition) is 1. The number of aliphatic hydroxyl groups excluding tert-OH is 1. The predicted molar refractivity (Wildman–Crippen MR) is 69.9 cm³/mol. The fraction of sp³-hybridized carbons (Fsp3) is 0.462. The van der Waals surface area contributed by atoms with E-state index in [2.05, 4.69) is 15.9 Å². The molecule has 1 N–H and O–H groups in total. The predicted octanol–water partition coefficient (Wildman–Crippen LogP) is 2.68. The van der Waals surface area contributed by atoms with Crippen LogP contribution in [0.4, 0.5) is 0 Å². The number of benzene rings is 1. The monoisotopic (exact) mass is 300 g/mol. The molecule has 0 radical (unpaired) electrons. The molecular formula is C13H17BrO3. The van der Waals surface area contributed by atoms with Gasteiger partial charge >= 0.3 is 5.97 Å². The summed E-state index contributed by atoms with van der Waals surface area (Å²) in [6.45, 7) is 0. The summed E-state index contributed by atoms with van der Waals surface area (Å²) in [7, 11) is 1.35. The lowest BCUT2D eigenvalue weighted by Crippen LogP contribution is -2.23. The summed E-state index contributed by atoms with van der Waals surface area (Å²) < 4.78 is 4.74. The van der Waals surface area contributed by atoms with Crippen molar-refractivity contribution in [1.29, 1.82) is 0 Å². The smallest absolute Gasteiger partial charge is 0.311 e. The SMILES string of the molecule is COC(=O)[C@H](CCCBr)[C@@H](O)c1ccccc1. The Bertz CT molecular complexity index is 340. The summed E-state index contributed by atoms with van der Waals surface area (Å²) in [6, 6.07) is 9.19. The van der Waals surface area contributed by atoms with Gasteiger partial charge in [0.1, 0.15) is 0 Å². The number of rotatable bonds is 6. The third-order valence-corrected chi connectivity index (χ3v) is 3.24. The topological polar surface area (TPSA) is 46.5 Å². The molecule has 1 aromatic carbocycles. The molecule has 3 nitrogen and oxygen atoms in total. The molecule has 0 unspecified atom stereocenters. The molecular weight excluding hydrogens is 284 g/mol. The Morgan fingerprint density at radius 1 is 1.41 bits per heavy atom. The van der Waals surface area contributed by atoms with Gasteiger partial charge in [-0.05, 0) is 18.4 Å². The maximum absolute atomic E-state index is 11.6. The average molecular weight is 301 g/mol. The lowest BCUT2D eigenvalue weighted by molar-refractivity contribution is -0.150. The lowest BCUT2D eigenvalue weighted by Gasteiger charge is -2.20. The van der Waals surface area contributed by atoms with Crippen molar-refractivity contribution in [1.82, 2.24) is 0 Å². The molecule has 0 heterocycles. The zero-order valence-corrected chi connectivity index (χ0v) is 11.4. The molecule has 0 spiro atoms. The molecule has 0 bridgehead atoms. The van der Waals surface area contributed by atoms with Crippen molar-refractivity contribution in [3.8, 4) is 0 Å². The van der Waals surface area contributed by atoms with Crippen molar-refractivity contribution < 1.29 is 14.6 Å². The Morgan fingerprint density at radius 3 is 2.59 bits per heavy atom. The maximum Gasteiger partial charge on any atom is 0.311 e. The van der Waals surface area contributed by atoms with E-state index in [9.17, 15) is 9.90 Å². The van der Waals surface area contributed by atoms with Crippen molar-refractivity contribution in [3.63, 3.8) is 0 Å². The van der Waals surface area contributed by atoms with Crippen LogP contribution in [0.15, 0.2) is 30.3 Å². The van der Waals surface area contributed by atoms with Crippen LogP contribution < -0.4 is 0 Å². The first-order valence-corrected chi connectivity index (χ1v) is 6.69. The highest BCUT2D eigenvalue weighted by Crippen LogP contribution is 2.27. The van der Waals surface area contributed by atoms with Crippen LogP contribution in [0.5, 0.6) is 0 Å². The molecule has 2 atom stereocenters. The van der Waals surface area contributed by atoms with Crippen LogP contribution in [0.25, 0.3) is 0 Å². The largest absolute Gasteiger partial charge is 0.469 e. The number of hydrogen-bond acceptors (Lipinski definition) is 3. The van der Waals surface area contributed by atoms with Crippen LogP contribution in [0.3, 0.4) is 0 Å². The molecule has 0 amide bonds. The molecule has 0 aliphatic carbocycles. The second-order valence-electron chi connectivity index (χ2n) is 3.82. The first kappa shape index (κ1) is 14.2. The van der Waals surface area contributed by atoms with Crippen molar-refractivity contribution in [2.45, 2.75) is 18.9 Å². The Balaban J connectivity index is 2.78. The molecule has 0 saturated heterocycles. The van der Waals surface area contributed by atoms with E-state index in [4.69, 9.17) is 4.74 Å². The van der Waals surface area contributed by atoms with Crippen LogP contribution in [0.1, 0.15) is 24.5 Å². The van der Waals surface area contributed by atoms with Gasteiger partial charge < -0.3 is 9.84 Å². The molecule has 0 aliphatic heterocycles. The van der Waals surface area contributed by atoms with Crippen molar-refractivity contribution in [2.24, 2.45) is 5.92 Å². The normalized spacial score (nSPS) is 14.1. The molecule has 1 aromatic rings. The highest BCUT2D eigenvalue weighted by atomic mass is 79.9. The van der Waals surface area contributed by atoms with E-state index in [0.717, 1.165) is 17.3 Å². The number of aliphatic hydroxyl groups is 1. The Labute approximate surface area is 110 Å². The number of carbonyl (C=O) groups excluding carboxylic acids is 1. The minimum atomic E-state index is -0.803. The minimum Gasteiger partial charge on any atom is -0.469 e. The molecule has 0 aromatic heterocycles. The van der Waals surface area contributed by atoms with Crippen LogP contribution in [0.2, 0.25) is 0 Å². The van der Waals surface area contributed by atoms with Crippen molar-refractivity contribution >= 4 is 21.9 Å². The van der Waals surface area contributed by atoms with Gasteiger partial charge in [-0.1, -0.05) is 46.3 Å². The number of methoxy groups -OCH3 is 1. The van der Waals surface area contributed by atoms with Gasteiger partial charge in [-0.25, -0.2) is 0 Å². The van der Waals surface area contributed by atoms with Crippen LogP contribution in [-0.2, 0) is 9.53 Å². The van der Waals surface area contributed by atoms with Crippen LogP contribution in [-0.4, -0.2) is 23.5 Å². The zero-order chi connectivity index (χ0) is 12.7. The molecule has 0 saturated carbocycles. The van der Waals surface area contributed by atoms with Gasteiger partial charge in [0.2, 0.25) is 0 Å². The first-order valence-electron chi connectivity index (χ1n) is 5.57. The molecule has 4 heteroatoms. The second-order valence-corrected chi connectivity index (χ2v) is 4.61. The van der Waals surface area contributed by atoms with Gasteiger partial charge in [-0.3, -0.25) is 4.79 Å². The summed E-state index contributed by atoms with van der Waals surface area (Å²) in [5, 5.41) is 11.0. The first-order chi connectivity index (χ1) is 8.20.